The van der Waals surface area contributed by atoms with Crippen LogP contribution in [0.4, 0.5) is 10.5 Å². The molecule has 2 aromatic rings. The summed E-state index contributed by atoms with van der Waals surface area (Å²) in [6, 6.07) is 10.8. The molecule has 2 N–H and O–H groups in total. The minimum atomic E-state index is -0.939. The van der Waals surface area contributed by atoms with Crippen LogP contribution in [-0.4, -0.2) is 45.3 Å². The van der Waals surface area contributed by atoms with Crippen molar-refractivity contribution >= 4 is 29.7 Å². The Kier molecular flexibility index (Phi) is 7.94. The van der Waals surface area contributed by atoms with E-state index in [1.807, 2.05) is 37.2 Å². The SMILES string of the molecule is CCOC(=O)C1=C(COC(=O)C(C#N)=Cc2ccc(N(C)C)cc2)NC(=O)NC1c1ccc(C)o1. The molecule has 2 heterocycles. The van der Waals surface area contributed by atoms with Gasteiger partial charge in [0.15, 0.2) is 0 Å². The molecule has 0 fully saturated rings. The van der Waals surface area contributed by atoms with Gasteiger partial charge in [-0.3, -0.25) is 0 Å². The second-order valence-electron chi connectivity index (χ2n) is 7.82. The van der Waals surface area contributed by atoms with Crippen LogP contribution in [0.1, 0.15) is 30.0 Å². The number of esters is 2. The summed E-state index contributed by atoms with van der Waals surface area (Å²) in [7, 11) is 3.80. The van der Waals surface area contributed by atoms with Crippen LogP contribution >= 0.6 is 0 Å². The molecular formula is C25H26N4O6. The molecule has 1 unspecified atom stereocenters. The Balaban J connectivity index is 1.85. The molecule has 0 saturated heterocycles. The number of rotatable bonds is 8. The van der Waals surface area contributed by atoms with E-state index in [-0.39, 0.29) is 23.5 Å². The Morgan fingerprint density at radius 1 is 1.17 bits per heavy atom. The maximum absolute atomic E-state index is 12.7. The third kappa shape index (κ3) is 6.09. The van der Waals surface area contributed by atoms with Crippen molar-refractivity contribution in [2.75, 3.05) is 32.2 Å². The molecule has 1 atom stereocenters. The minimum Gasteiger partial charge on any atom is -0.464 e. The summed E-state index contributed by atoms with van der Waals surface area (Å²) in [5, 5.41) is 14.6. The number of nitrogens with one attached hydrogen (secondary N) is 2. The van der Waals surface area contributed by atoms with Crippen molar-refractivity contribution in [1.29, 1.82) is 5.26 Å². The zero-order valence-corrected chi connectivity index (χ0v) is 19.9. The Hall–Kier alpha value is -4.52. The predicted octanol–water partition coefficient (Wildman–Crippen LogP) is 2.98. The van der Waals surface area contributed by atoms with Gasteiger partial charge in [0.2, 0.25) is 0 Å². The first-order chi connectivity index (χ1) is 16.7. The molecular weight excluding hydrogens is 452 g/mol. The van der Waals surface area contributed by atoms with Crippen LogP contribution in [0.15, 0.2) is 57.7 Å². The van der Waals surface area contributed by atoms with Crippen LogP contribution in [0.3, 0.4) is 0 Å². The summed E-state index contributed by atoms with van der Waals surface area (Å²) in [6.07, 6.45) is 1.40. The summed E-state index contributed by atoms with van der Waals surface area (Å²) in [4.78, 5) is 39.6. The van der Waals surface area contributed by atoms with Gasteiger partial charge in [0.25, 0.3) is 0 Å². The molecule has 1 aromatic heterocycles. The Morgan fingerprint density at radius 2 is 1.89 bits per heavy atom. The zero-order chi connectivity index (χ0) is 25.5. The number of aryl methyl sites for hydroxylation is 1. The minimum absolute atomic E-state index is 0.0345. The number of hydrogen-bond acceptors (Lipinski definition) is 8. The zero-order valence-electron chi connectivity index (χ0n) is 19.9. The lowest BCUT2D eigenvalue weighted by atomic mass is 10.0. The van der Waals surface area contributed by atoms with Crippen molar-refractivity contribution in [3.8, 4) is 6.07 Å². The molecule has 0 bridgehead atoms. The topological polar surface area (TPSA) is 134 Å². The van der Waals surface area contributed by atoms with Crippen LogP contribution in [0.25, 0.3) is 6.08 Å². The van der Waals surface area contributed by atoms with Crippen molar-refractivity contribution in [1.82, 2.24) is 10.6 Å². The van der Waals surface area contributed by atoms with Crippen LogP contribution in [0.5, 0.6) is 0 Å². The molecule has 1 aliphatic rings. The van der Waals surface area contributed by atoms with Crippen molar-refractivity contribution in [2.24, 2.45) is 0 Å². The molecule has 10 nitrogen and oxygen atoms in total. The average molecular weight is 479 g/mol. The Labute approximate surface area is 202 Å². The molecule has 3 rings (SSSR count). The fourth-order valence-electron chi connectivity index (χ4n) is 3.39. The first-order valence-corrected chi connectivity index (χ1v) is 10.8. The van der Waals surface area contributed by atoms with Gasteiger partial charge in [-0.2, -0.15) is 5.26 Å². The number of amides is 2. The highest BCUT2D eigenvalue weighted by Gasteiger charge is 2.36. The molecule has 1 aromatic carbocycles. The van der Waals surface area contributed by atoms with E-state index in [0.29, 0.717) is 17.1 Å². The maximum Gasteiger partial charge on any atom is 0.349 e. The highest BCUT2D eigenvalue weighted by Crippen LogP contribution is 2.29. The number of furan rings is 1. The summed E-state index contributed by atoms with van der Waals surface area (Å²) < 4.78 is 16.0. The van der Waals surface area contributed by atoms with Gasteiger partial charge in [0.1, 0.15) is 35.8 Å². The van der Waals surface area contributed by atoms with Crippen molar-refractivity contribution in [3.63, 3.8) is 0 Å². The summed E-state index contributed by atoms with van der Waals surface area (Å²) in [5.41, 5.74) is 1.44. The number of carbonyl (C=O) groups excluding carboxylic acids is 3. The third-order valence-corrected chi connectivity index (χ3v) is 5.10. The maximum atomic E-state index is 12.7. The molecule has 1 aliphatic heterocycles. The van der Waals surface area contributed by atoms with E-state index in [9.17, 15) is 19.6 Å². The number of urea groups is 1. The standard InChI is InChI=1S/C25H26N4O6/c1-5-33-24(31)21-19(27-25(32)28-22(21)20-11-6-15(2)35-20)14-34-23(30)17(13-26)12-16-7-9-18(10-8-16)29(3)4/h6-12,22H,5,14H2,1-4H3,(H2,27,28,32). The second kappa shape index (κ2) is 11.1. The van der Waals surface area contributed by atoms with Gasteiger partial charge in [-0.15, -0.1) is 0 Å². The molecule has 0 radical (unpaired) electrons. The smallest absolute Gasteiger partial charge is 0.349 e. The van der Waals surface area contributed by atoms with Gasteiger partial charge in [-0.05, 0) is 49.8 Å². The molecule has 0 spiro atoms. The fourth-order valence-corrected chi connectivity index (χ4v) is 3.39. The van der Waals surface area contributed by atoms with Crippen LogP contribution in [0, 0.1) is 18.3 Å². The summed E-state index contributed by atoms with van der Waals surface area (Å²) in [5.74, 6) is -0.699. The fraction of sp³-hybridized carbons (Fsp3) is 0.280. The van der Waals surface area contributed by atoms with Crippen molar-refractivity contribution in [3.05, 3.63) is 70.3 Å². The second-order valence-corrected chi connectivity index (χ2v) is 7.82. The van der Waals surface area contributed by atoms with Gasteiger partial charge >= 0.3 is 18.0 Å². The number of carbonyl (C=O) groups is 3. The Morgan fingerprint density at radius 3 is 2.46 bits per heavy atom. The highest BCUT2D eigenvalue weighted by atomic mass is 16.5. The van der Waals surface area contributed by atoms with Crippen molar-refractivity contribution < 1.29 is 28.3 Å². The molecule has 10 heteroatoms. The number of ether oxygens (including phenoxy) is 2. The molecule has 2 amide bonds. The van der Waals surface area contributed by atoms with Crippen LogP contribution in [-0.2, 0) is 19.1 Å². The van der Waals surface area contributed by atoms with Gasteiger partial charge < -0.3 is 29.4 Å². The van der Waals surface area contributed by atoms with E-state index in [1.165, 1.54) is 6.08 Å². The lowest BCUT2D eigenvalue weighted by molar-refractivity contribution is -0.140. The highest BCUT2D eigenvalue weighted by molar-refractivity contribution is 5.98. The summed E-state index contributed by atoms with van der Waals surface area (Å²) in [6.45, 7) is 3.01. The van der Waals surface area contributed by atoms with Crippen LogP contribution < -0.4 is 15.5 Å². The number of benzene rings is 1. The van der Waals surface area contributed by atoms with E-state index in [2.05, 4.69) is 10.6 Å². The van der Waals surface area contributed by atoms with E-state index in [1.54, 1.807) is 38.1 Å². The predicted molar refractivity (Wildman–Crippen MR) is 127 cm³/mol. The quantitative estimate of drug-likeness (QED) is 0.336. The number of nitrogens with zero attached hydrogens (tertiary/aromatic N) is 2. The number of hydrogen-bond donors (Lipinski definition) is 2. The van der Waals surface area contributed by atoms with Crippen LogP contribution in [0.2, 0.25) is 0 Å². The van der Waals surface area contributed by atoms with Gasteiger partial charge in [0, 0.05) is 19.8 Å². The molecule has 0 saturated carbocycles. The van der Waals surface area contributed by atoms with Gasteiger partial charge in [-0.25, -0.2) is 14.4 Å². The first-order valence-electron chi connectivity index (χ1n) is 10.8. The van der Waals surface area contributed by atoms with E-state index < -0.39 is 30.6 Å². The van der Waals surface area contributed by atoms with E-state index in [0.717, 1.165) is 5.69 Å². The normalized spacial score (nSPS) is 15.6. The largest absolute Gasteiger partial charge is 0.464 e. The summed E-state index contributed by atoms with van der Waals surface area (Å²) >= 11 is 0. The third-order valence-electron chi connectivity index (χ3n) is 5.10. The number of nitriles is 1. The van der Waals surface area contributed by atoms with E-state index >= 15 is 0 Å². The average Bonchev–Trinajstić information content (AvgIpc) is 3.27. The van der Waals surface area contributed by atoms with Crippen molar-refractivity contribution in [2.45, 2.75) is 19.9 Å². The monoisotopic (exact) mass is 478 g/mol. The van der Waals surface area contributed by atoms with E-state index in [4.69, 9.17) is 13.9 Å². The molecule has 0 aliphatic carbocycles. The Bertz CT molecular complexity index is 1220. The number of anilines is 1. The lowest BCUT2D eigenvalue weighted by Gasteiger charge is -2.27. The molecule has 35 heavy (non-hydrogen) atoms. The lowest BCUT2D eigenvalue weighted by Crippen LogP contribution is -2.47. The van der Waals surface area contributed by atoms with Gasteiger partial charge in [0.05, 0.1) is 17.9 Å². The first kappa shape index (κ1) is 25.1. The van der Waals surface area contributed by atoms with Gasteiger partial charge in [-0.1, -0.05) is 12.1 Å². The molecule has 182 valence electrons.